The van der Waals surface area contributed by atoms with Gasteiger partial charge >= 0.3 is 0 Å². The summed E-state index contributed by atoms with van der Waals surface area (Å²) < 4.78 is 0. The van der Waals surface area contributed by atoms with Gasteiger partial charge < -0.3 is 9.59 Å². The van der Waals surface area contributed by atoms with Gasteiger partial charge in [-0.2, -0.15) is 0 Å². The summed E-state index contributed by atoms with van der Waals surface area (Å²) in [5, 5.41) is 0. The minimum atomic E-state index is -1.23. The fraction of sp³-hybridized carbons (Fsp3) is 0.714. The fourth-order valence-electron chi connectivity index (χ4n) is 0.802. The van der Waals surface area contributed by atoms with Crippen molar-refractivity contribution in [1.82, 2.24) is 0 Å². The van der Waals surface area contributed by atoms with Gasteiger partial charge in [-0.3, -0.25) is 0 Å². The maximum absolute atomic E-state index is 10.3. The van der Waals surface area contributed by atoms with Crippen molar-refractivity contribution in [2.24, 2.45) is 0 Å². The molecular formula is C7H15O2PSi. The molecule has 0 aliphatic heterocycles. The Morgan fingerprint density at radius 1 is 1.09 bits per heavy atom. The lowest BCUT2D eigenvalue weighted by atomic mass is 10.9. The first-order valence-corrected chi connectivity index (χ1v) is 9.70. The molecule has 0 aromatic rings. The summed E-state index contributed by atoms with van der Waals surface area (Å²) >= 11 is 0. The largest absolute Gasteiger partial charge is 0.303 e. The minimum absolute atomic E-state index is 0.299. The Morgan fingerprint density at radius 3 is 1.64 bits per heavy atom. The Morgan fingerprint density at radius 2 is 1.45 bits per heavy atom. The number of carbonyl (C=O) groups is 2. The summed E-state index contributed by atoms with van der Waals surface area (Å²) in [4.78, 5) is 20.5. The van der Waals surface area contributed by atoms with Gasteiger partial charge in [-0.1, -0.05) is 19.6 Å². The zero-order chi connectivity index (χ0) is 8.91. The molecule has 0 unspecified atom stereocenters. The number of hydrogen-bond donors (Lipinski definition) is 0. The van der Waals surface area contributed by atoms with Crippen LogP contribution < -0.4 is 0 Å². The van der Waals surface area contributed by atoms with Gasteiger partial charge in [0.1, 0.15) is 12.6 Å². The Hall–Kier alpha value is -0.0131. The molecule has 2 nitrogen and oxygen atoms in total. The summed E-state index contributed by atoms with van der Waals surface area (Å²) in [5.41, 5.74) is 0. The molecule has 11 heavy (non-hydrogen) atoms. The van der Waals surface area contributed by atoms with E-state index in [1.165, 1.54) is 0 Å². The second-order valence-electron chi connectivity index (χ2n) is 3.41. The van der Waals surface area contributed by atoms with Gasteiger partial charge in [0.15, 0.2) is 0 Å². The van der Waals surface area contributed by atoms with Crippen molar-refractivity contribution < 1.29 is 9.59 Å². The van der Waals surface area contributed by atoms with Crippen LogP contribution in [-0.4, -0.2) is 32.6 Å². The molecule has 0 fully saturated rings. The molecule has 0 saturated heterocycles. The monoisotopic (exact) mass is 190 g/mol. The Kier molecular flexibility index (Phi) is 4.78. The van der Waals surface area contributed by atoms with Crippen molar-refractivity contribution in [2.45, 2.75) is 19.6 Å². The molecule has 0 atom stereocenters. The van der Waals surface area contributed by atoms with Crippen LogP contribution in [-0.2, 0) is 9.59 Å². The van der Waals surface area contributed by atoms with Gasteiger partial charge in [0.05, 0.1) is 7.74 Å². The molecule has 0 aromatic carbocycles. The highest BCUT2D eigenvalue weighted by atomic mass is 31.4. The SMILES string of the molecule is C[Si](C)(C)P(CC=O)CC=O. The van der Waals surface area contributed by atoms with Gasteiger partial charge in [0, 0.05) is 12.3 Å². The zero-order valence-corrected chi connectivity index (χ0v) is 9.23. The summed E-state index contributed by atoms with van der Waals surface area (Å²) in [6, 6.07) is 0. The molecule has 0 rings (SSSR count). The third-order valence-electron chi connectivity index (χ3n) is 1.54. The summed E-state index contributed by atoms with van der Waals surface area (Å²) in [7, 11) is -1.53. The highest BCUT2D eigenvalue weighted by Gasteiger charge is 2.24. The second-order valence-corrected chi connectivity index (χ2v) is 15.5. The molecule has 0 spiro atoms. The number of aldehydes is 2. The number of carbonyl (C=O) groups excluding carboxylic acids is 2. The minimum Gasteiger partial charge on any atom is -0.303 e. The fourth-order valence-corrected chi connectivity index (χ4v) is 6.14. The molecule has 0 bridgehead atoms. The zero-order valence-electron chi connectivity index (χ0n) is 7.33. The molecule has 0 heterocycles. The standard InChI is InChI=1S/C7H15O2PSi/c1-11(2,3)10(6-4-8)7-5-9/h4-5H,6-7H2,1-3H3. The van der Waals surface area contributed by atoms with E-state index in [-0.39, 0.29) is 7.47 Å². The maximum atomic E-state index is 10.3. The van der Waals surface area contributed by atoms with Gasteiger partial charge in [0.2, 0.25) is 0 Å². The van der Waals surface area contributed by atoms with E-state index < -0.39 is 7.74 Å². The van der Waals surface area contributed by atoms with Crippen molar-refractivity contribution in [2.75, 3.05) is 12.3 Å². The van der Waals surface area contributed by atoms with Crippen LogP contribution >= 0.6 is 7.47 Å². The van der Waals surface area contributed by atoms with Crippen molar-refractivity contribution in [1.29, 1.82) is 0 Å². The van der Waals surface area contributed by atoms with Gasteiger partial charge in [-0.15, -0.1) is 7.47 Å². The van der Waals surface area contributed by atoms with Crippen LogP contribution in [0.4, 0.5) is 0 Å². The third-order valence-corrected chi connectivity index (χ3v) is 11.4. The Balaban J connectivity index is 4.08. The van der Waals surface area contributed by atoms with Crippen molar-refractivity contribution in [3.8, 4) is 0 Å². The highest BCUT2D eigenvalue weighted by Crippen LogP contribution is 2.44. The molecule has 64 valence electrons. The van der Waals surface area contributed by atoms with E-state index >= 15 is 0 Å². The van der Waals surface area contributed by atoms with Crippen LogP contribution in [0.5, 0.6) is 0 Å². The summed E-state index contributed by atoms with van der Waals surface area (Å²) in [6.45, 7) is 6.64. The van der Waals surface area contributed by atoms with Crippen LogP contribution in [0.25, 0.3) is 0 Å². The van der Waals surface area contributed by atoms with Crippen LogP contribution in [0, 0.1) is 0 Å². The molecule has 4 heteroatoms. The molecule has 0 radical (unpaired) electrons. The molecule has 0 amide bonds. The lowest BCUT2D eigenvalue weighted by Crippen LogP contribution is -2.21. The van der Waals surface area contributed by atoms with Crippen LogP contribution in [0.15, 0.2) is 0 Å². The van der Waals surface area contributed by atoms with E-state index in [4.69, 9.17) is 0 Å². The van der Waals surface area contributed by atoms with E-state index in [1.807, 2.05) is 0 Å². The predicted octanol–water partition coefficient (Wildman–Crippen LogP) is 1.70. The van der Waals surface area contributed by atoms with Crippen molar-refractivity contribution in [3.05, 3.63) is 0 Å². The molecule has 0 aliphatic rings. The molecular weight excluding hydrogens is 175 g/mol. The first-order valence-electron chi connectivity index (χ1n) is 3.64. The topological polar surface area (TPSA) is 34.1 Å². The van der Waals surface area contributed by atoms with Crippen LogP contribution in [0.1, 0.15) is 0 Å². The average molecular weight is 190 g/mol. The van der Waals surface area contributed by atoms with Gasteiger partial charge in [-0.05, 0) is 0 Å². The first-order chi connectivity index (χ1) is 5.02. The summed E-state index contributed by atoms with van der Waals surface area (Å²) in [6.07, 6.45) is 3.13. The predicted molar refractivity (Wildman–Crippen MR) is 52.1 cm³/mol. The van der Waals surface area contributed by atoms with E-state index in [2.05, 4.69) is 19.6 Å². The lowest BCUT2D eigenvalue weighted by Gasteiger charge is -2.25. The molecule has 0 aliphatic carbocycles. The quantitative estimate of drug-likeness (QED) is 0.375. The van der Waals surface area contributed by atoms with Crippen LogP contribution in [0.3, 0.4) is 0 Å². The van der Waals surface area contributed by atoms with E-state index in [9.17, 15) is 9.59 Å². The highest BCUT2D eigenvalue weighted by molar-refractivity contribution is 7.95. The van der Waals surface area contributed by atoms with Crippen LogP contribution in [0.2, 0.25) is 19.6 Å². The summed E-state index contributed by atoms with van der Waals surface area (Å²) in [5.74, 6) is 0. The van der Waals surface area contributed by atoms with Crippen molar-refractivity contribution in [3.63, 3.8) is 0 Å². The van der Waals surface area contributed by atoms with E-state index in [1.54, 1.807) is 0 Å². The second kappa shape index (κ2) is 4.78. The normalized spacial score (nSPS) is 11.6. The van der Waals surface area contributed by atoms with E-state index in [0.29, 0.717) is 12.3 Å². The van der Waals surface area contributed by atoms with Gasteiger partial charge in [0.25, 0.3) is 0 Å². The molecule has 0 saturated carbocycles. The van der Waals surface area contributed by atoms with Crippen molar-refractivity contribution >= 4 is 27.8 Å². The first kappa shape index (κ1) is 11.0. The average Bonchev–Trinajstić information content (AvgIpc) is 1.85. The lowest BCUT2D eigenvalue weighted by molar-refractivity contribution is -0.106. The molecule has 0 N–H and O–H groups in total. The number of hydrogen-bond acceptors (Lipinski definition) is 2. The smallest absolute Gasteiger partial charge is 0.123 e. The maximum Gasteiger partial charge on any atom is 0.123 e. The van der Waals surface area contributed by atoms with E-state index in [0.717, 1.165) is 12.6 Å². The Labute approximate surface area is 70.0 Å². The Bertz CT molecular complexity index is 132. The third kappa shape index (κ3) is 4.43. The van der Waals surface area contributed by atoms with Gasteiger partial charge in [-0.25, -0.2) is 0 Å². The molecule has 0 aromatic heterocycles. The number of rotatable bonds is 5.